The second kappa shape index (κ2) is 9.63. The fourth-order valence-corrected chi connectivity index (χ4v) is 4.50. The van der Waals surface area contributed by atoms with E-state index in [2.05, 4.69) is 9.71 Å². The van der Waals surface area contributed by atoms with Gasteiger partial charge in [0.1, 0.15) is 22.3 Å². The van der Waals surface area contributed by atoms with E-state index in [4.69, 9.17) is 18.9 Å². The molecule has 0 bridgehead atoms. The number of methoxy groups -OCH3 is 3. The number of rotatable bonds is 8. The van der Waals surface area contributed by atoms with Gasteiger partial charge in [-0.3, -0.25) is 9.71 Å². The average molecular weight is 502 g/mol. The van der Waals surface area contributed by atoms with Gasteiger partial charge >= 0.3 is 0 Å². The predicted molar refractivity (Wildman–Crippen MR) is 125 cm³/mol. The van der Waals surface area contributed by atoms with E-state index in [9.17, 15) is 17.2 Å². The molecule has 11 heteroatoms. The van der Waals surface area contributed by atoms with Crippen molar-refractivity contribution in [1.82, 2.24) is 4.98 Å². The summed E-state index contributed by atoms with van der Waals surface area (Å²) in [4.78, 5) is 3.51. The summed E-state index contributed by atoms with van der Waals surface area (Å²) in [7, 11) is 0.0126. The molecule has 0 radical (unpaired) electrons. The van der Waals surface area contributed by atoms with Crippen LogP contribution in [0.4, 0.5) is 14.5 Å². The second-order valence-electron chi connectivity index (χ2n) is 7.18. The van der Waals surface area contributed by atoms with Gasteiger partial charge in [0.15, 0.2) is 23.0 Å². The predicted octanol–water partition coefficient (Wildman–Crippen LogP) is 5.13. The number of anilines is 1. The molecule has 8 nitrogen and oxygen atoms in total. The fourth-order valence-electron chi connectivity index (χ4n) is 3.36. The number of sulfonamides is 1. The van der Waals surface area contributed by atoms with E-state index >= 15 is 0 Å². The minimum atomic E-state index is -4.40. The summed E-state index contributed by atoms with van der Waals surface area (Å²) >= 11 is 0. The number of benzene rings is 3. The quantitative estimate of drug-likeness (QED) is 0.357. The lowest BCUT2D eigenvalue weighted by atomic mass is 10.1. The maximum Gasteiger partial charge on any atom is 0.264 e. The molecule has 4 aromatic rings. The summed E-state index contributed by atoms with van der Waals surface area (Å²) in [6.07, 6.45) is 1.56. The van der Waals surface area contributed by atoms with Gasteiger partial charge in [0.25, 0.3) is 10.0 Å². The molecule has 182 valence electrons. The molecular weight excluding hydrogens is 482 g/mol. The zero-order valence-corrected chi connectivity index (χ0v) is 19.7. The Kier molecular flexibility index (Phi) is 6.61. The lowest BCUT2D eigenvalue weighted by molar-refractivity contribution is 0.355. The maximum absolute atomic E-state index is 14.0. The number of nitrogens with one attached hydrogen (secondary N) is 1. The number of hydrogen-bond donors (Lipinski definition) is 1. The molecule has 1 N–H and O–H groups in total. The highest BCUT2D eigenvalue weighted by molar-refractivity contribution is 7.92. The van der Waals surface area contributed by atoms with E-state index in [1.54, 1.807) is 24.4 Å². The van der Waals surface area contributed by atoms with Crippen molar-refractivity contribution in [3.63, 3.8) is 0 Å². The van der Waals surface area contributed by atoms with Gasteiger partial charge in [-0.05, 0) is 42.5 Å². The van der Waals surface area contributed by atoms with Gasteiger partial charge in [-0.15, -0.1) is 0 Å². The van der Waals surface area contributed by atoms with E-state index in [0.717, 1.165) is 12.1 Å². The zero-order chi connectivity index (χ0) is 25.2. The summed E-state index contributed by atoms with van der Waals surface area (Å²) in [5.74, 6) is -0.0726. The third kappa shape index (κ3) is 4.90. The molecule has 0 aliphatic rings. The van der Waals surface area contributed by atoms with Crippen LogP contribution in [0.25, 0.3) is 10.9 Å². The normalized spacial score (nSPS) is 11.2. The third-order valence-electron chi connectivity index (χ3n) is 5.03. The molecule has 0 amide bonds. The van der Waals surface area contributed by atoms with E-state index in [1.165, 1.54) is 39.5 Å². The SMILES string of the molecule is COc1cc2nccc(Oc3ccc(NS(=O)(=O)c4cc(F)ccc4F)cc3OC)c2cc1OC. The molecule has 4 rings (SSSR count). The highest BCUT2D eigenvalue weighted by Crippen LogP contribution is 2.40. The molecule has 1 aromatic heterocycles. The van der Waals surface area contributed by atoms with Crippen molar-refractivity contribution < 1.29 is 36.1 Å². The van der Waals surface area contributed by atoms with Gasteiger partial charge in [0, 0.05) is 23.7 Å². The van der Waals surface area contributed by atoms with Crippen LogP contribution in [0.1, 0.15) is 0 Å². The molecule has 0 saturated carbocycles. The molecule has 0 fully saturated rings. The molecule has 0 saturated heterocycles. The van der Waals surface area contributed by atoms with Crippen LogP contribution in [0.5, 0.6) is 28.7 Å². The van der Waals surface area contributed by atoms with Crippen LogP contribution in [0.15, 0.2) is 65.7 Å². The molecule has 0 aliphatic heterocycles. The second-order valence-corrected chi connectivity index (χ2v) is 8.83. The largest absolute Gasteiger partial charge is 0.493 e. The van der Waals surface area contributed by atoms with Crippen LogP contribution < -0.4 is 23.7 Å². The standard InChI is InChI=1S/C24H20F2N2O6S/c1-31-21-11-15(28-35(29,30)24-10-14(25)4-6-17(24)26)5-7-20(21)34-19-8-9-27-18-13-23(33-3)22(32-2)12-16(18)19/h4-13,28H,1-3H3. The number of ether oxygens (including phenoxy) is 4. The molecule has 1 heterocycles. The number of hydrogen-bond acceptors (Lipinski definition) is 7. The summed E-state index contributed by atoms with van der Waals surface area (Å²) in [5.41, 5.74) is 0.657. The summed E-state index contributed by atoms with van der Waals surface area (Å²) in [6.45, 7) is 0. The van der Waals surface area contributed by atoms with Gasteiger partial charge in [0.05, 0.1) is 32.5 Å². The van der Waals surface area contributed by atoms with Crippen molar-refractivity contribution >= 4 is 26.6 Å². The Morgan fingerprint density at radius 3 is 2.17 bits per heavy atom. The van der Waals surface area contributed by atoms with Crippen molar-refractivity contribution in [2.45, 2.75) is 4.90 Å². The van der Waals surface area contributed by atoms with Gasteiger partial charge in [-0.2, -0.15) is 0 Å². The molecule has 0 spiro atoms. The van der Waals surface area contributed by atoms with E-state index in [-0.39, 0.29) is 17.2 Å². The zero-order valence-electron chi connectivity index (χ0n) is 18.8. The first-order chi connectivity index (χ1) is 16.7. The Morgan fingerprint density at radius 2 is 1.46 bits per heavy atom. The minimum absolute atomic E-state index is 0.0591. The Morgan fingerprint density at radius 1 is 0.771 bits per heavy atom. The van der Waals surface area contributed by atoms with Gasteiger partial charge in [0.2, 0.25) is 0 Å². The van der Waals surface area contributed by atoms with Crippen LogP contribution >= 0.6 is 0 Å². The molecule has 3 aromatic carbocycles. The van der Waals surface area contributed by atoms with Crippen LogP contribution in [0, 0.1) is 11.6 Å². The monoisotopic (exact) mass is 502 g/mol. The highest BCUT2D eigenvalue weighted by Gasteiger charge is 2.21. The van der Waals surface area contributed by atoms with Crippen molar-refractivity contribution in [2.75, 3.05) is 26.1 Å². The smallest absolute Gasteiger partial charge is 0.264 e. The van der Waals surface area contributed by atoms with Gasteiger partial charge in [-0.1, -0.05) is 0 Å². The molecule has 35 heavy (non-hydrogen) atoms. The Hall–Kier alpha value is -4.12. The first kappa shape index (κ1) is 24.0. The molecule has 0 atom stereocenters. The Balaban J connectivity index is 1.67. The lowest BCUT2D eigenvalue weighted by Crippen LogP contribution is -2.15. The molecule has 0 aliphatic carbocycles. The summed E-state index contributed by atoms with van der Waals surface area (Å²) < 4.78 is 77.0. The number of halogens is 2. The number of pyridine rings is 1. The average Bonchev–Trinajstić information content (AvgIpc) is 2.85. The number of fused-ring (bicyclic) bond motifs is 1. The van der Waals surface area contributed by atoms with E-state index < -0.39 is 26.6 Å². The van der Waals surface area contributed by atoms with Crippen molar-refractivity contribution in [1.29, 1.82) is 0 Å². The number of aromatic nitrogens is 1. The molecular formula is C24H20F2N2O6S. The molecule has 0 unspecified atom stereocenters. The van der Waals surface area contributed by atoms with Gasteiger partial charge < -0.3 is 18.9 Å². The fraction of sp³-hybridized carbons (Fsp3) is 0.125. The van der Waals surface area contributed by atoms with E-state index in [1.807, 2.05) is 0 Å². The first-order valence-electron chi connectivity index (χ1n) is 10.1. The Labute approximate surface area is 200 Å². The van der Waals surface area contributed by atoms with E-state index in [0.29, 0.717) is 34.2 Å². The van der Waals surface area contributed by atoms with Crippen molar-refractivity contribution in [3.8, 4) is 28.7 Å². The summed E-state index contributed by atoms with van der Waals surface area (Å²) in [6, 6.07) is 11.5. The third-order valence-corrected chi connectivity index (χ3v) is 6.42. The minimum Gasteiger partial charge on any atom is -0.493 e. The van der Waals surface area contributed by atoms with Crippen LogP contribution in [0.3, 0.4) is 0 Å². The van der Waals surface area contributed by atoms with Gasteiger partial charge in [-0.25, -0.2) is 17.2 Å². The van der Waals surface area contributed by atoms with Crippen LogP contribution in [0.2, 0.25) is 0 Å². The Bertz CT molecular complexity index is 1510. The van der Waals surface area contributed by atoms with Crippen LogP contribution in [-0.2, 0) is 10.0 Å². The topological polar surface area (TPSA) is 96.0 Å². The first-order valence-corrected chi connectivity index (χ1v) is 11.6. The van der Waals surface area contributed by atoms with Crippen LogP contribution in [-0.4, -0.2) is 34.7 Å². The number of nitrogens with zero attached hydrogens (tertiary/aromatic N) is 1. The maximum atomic E-state index is 14.0. The highest BCUT2D eigenvalue weighted by atomic mass is 32.2. The lowest BCUT2D eigenvalue weighted by Gasteiger charge is -2.15. The van der Waals surface area contributed by atoms with Crippen molar-refractivity contribution in [2.24, 2.45) is 0 Å². The summed E-state index contributed by atoms with van der Waals surface area (Å²) in [5, 5.41) is 0.638. The van der Waals surface area contributed by atoms with Crippen molar-refractivity contribution in [3.05, 3.63) is 72.4 Å².